The van der Waals surface area contributed by atoms with Crippen molar-refractivity contribution >= 4 is 17.3 Å². The van der Waals surface area contributed by atoms with E-state index in [9.17, 15) is 4.79 Å². The van der Waals surface area contributed by atoms with Crippen LogP contribution in [0.1, 0.15) is 13.3 Å². The van der Waals surface area contributed by atoms with Gasteiger partial charge in [-0.2, -0.15) is 0 Å². The minimum Gasteiger partial charge on any atom is -0.399 e. The molecule has 116 valence electrons. The number of nitrogen functional groups attached to an aromatic ring is 1. The molecule has 0 spiro atoms. The maximum Gasteiger partial charge on any atom is 0.222 e. The van der Waals surface area contributed by atoms with Crippen molar-refractivity contribution in [2.45, 2.75) is 13.3 Å². The summed E-state index contributed by atoms with van der Waals surface area (Å²) in [5, 5.41) is 7.72. The van der Waals surface area contributed by atoms with Crippen molar-refractivity contribution < 1.29 is 4.79 Å². The second kappa shape index (κ2) is 6.05. The van der Waals surface area contributed by atoms with Gasteiger partial charge in [0.15, 0.2) is 0 Å². The Labute approximate surface area is 129 Å². The van der Waals surface area contributed by atoms with Gasteiger partial charge in [-0.1, -0.05) is 6.92 Å². The lowest BCUT2D eigenvalue weighted by Crippen LogP contribution is -2.48. The van der Waals surface area contributed by atoms with Crippen molar-refractivity contribution in [3.8, 4) is 5.69 Å². The fourth-order valence-corrected chi connectivity index (χ4v) is 2.76. The van der Waals surface area contributed by atoms with Crippen molar-refractivity contribution in [1.29, 1.82) is 0 Å². The lowest BCUT2D eigenvalue weighted by atomic mass is 10.2. The molecule has 1 saturated heterocycles. The zero-order chi connectivity index (χ0) is 15.5. The normalized spacial score (nSPS) is 15.1. The zero-order valence-electron chi connectivity index (χ0n) is 12.6. The molecule has 2 heterocycles. The van der Waals surface area contributed by atoms with E-state index in [1.165, 1.54) is 0 Å². The van der Waals surface area contributed by atoms with E-state index in [0.717, 1.165) is 37.6 Å². The van der Waals surface area contributed by atoms with Crippen molar-refractivity contribution in [2.75, 3.05) is 36.8 Å². The van der Waals surface area contributed by atoms with Gasteiger partial charge in [0.05, 0.1) is 11.4 Å². The second-order valence-corrected chi connectivity index (χ2v) is 5.34. The van der Waals surface area contributed by atoms with Crippen LogP contribution in [0, 0.1) is 0 Å². The molecule has 1 amide bonds. The average Bonchev–Trinajstić information content (AvgIpc) is 3.08. The van der Waals surface area contributed by atoms with Gasteiger partial charge in [-0.05, 0) is 18.2 Å². The molecule has 7 nitrogen and oxygen atoms in total. The van der Waals surface area contributed by atoms with Crippen LogP contribution in [0.15, 0.2) is 30.9 Å². The summed E-state index contributed by atoms with van der Waals surface area (Å²) in [5.41, 5.74) is 8.66. The predicted molar refractivity (Wildman–Crippen MR) is 84.9 cm³/mol. The summed E-state index contributed by atoms with van der Waals surface area (Å²) in [6, 6.07) is 5.83. The standard InChI is InChI=1S/C15H20N6O/c1-2-15(22)20-7-5-19(6-8-20)13-4-3-12(16)9-14(13)21-10-17-18-11-21/h3-4,9-11H,2,5-8,16H2,1H3. The summed E-state index contributed by atoms with van der Waals surface area (Å²) in [5.74, 6) is 0.219. The number of hydrogen-bond donors (Lipinski definition) is 1. The molecule has 0 atom stereocenters. The quantitative estimate of drug-likeness (QED) is 0.852. The Morgan fingerprint density at radius 1 is 1.14 bits per heavy atom. The largest absolute Gasteiger partial charge is 0.399 e. The molecule has 22 heavy (non-hydrogen) atoms. The summed E-state index contributed by atoms with van der Waals surface area (Å²) < 4.78 is 1.86. The Hall–Kier alpha value is -2.57. The van der Waals surface area contributed by atoms with Crippen LogP contribution in [-0.2, 0) is 4.79 Å². The monoisotopic (exact) mass is 300 g/mol. The maximum absolute atomic E-state index is 11.8. The molecular weight excluding hydrogens is 280 g/mol. The smallest absolute Gasteiger partial charge is 0.222 e. The molecule has 2 N–H and O–H groups in total. The number of aromatic nitrogens is 3. The van der Waals surface area contributed by atoms with Crippen LogP contribution in [-0.4, -0.2) is 51.8 Å². The van der Waals surface area contributed by atoms with E-state index in [4.69, 9.17) is 5.73 Å². The number of anilines is 2. The van der Waals surface area contributed by atoms with Crippen molar-refractivity contribution in [2.24, 2.45) is 0 Å². The Morgan fingerprint density at radius 2 is 1.82 bits per heavy atom. The molecule has 7 heteroatoms. The van der Waals surface area contributed by atoms with Crippen LogP contribution >= 0.6 is 0 Å². The van der Waals surface area contributed by atoms with E-state index in [1.807, 2.05) is 34.6 Å². The number of carbonyl (C=O) groups is 1. The molecule has 0 bridgehead atoms. The van der Waals surface area contributed by atoms with E-state index < -0.39 is 0 Å². The molecule has 1 aliphatic heterocycles. The highest BCUT2D eigenvalue weighted by Gasteiger charge is 2.22. The fourth-order valence-electron chi connectivity index (χ4n) is 2.76. The van der Waals surface area contributed by atoms with Crippen LogP contribution < -0.4 is 10.6 Å². The molecule has 3 rings (SSSR count). The van der Waals surface area contributed by atoms with Crippen LogP contribution in [0.2, 0.25) is 0 Å². The highest BCUT2D eigenvalue weighted by molar-refractivity contribution is 5.76. The van der Waals surface area contributed by atoms with Crippen molar-refractivity contribution in [1.82, 2.24) is 19.7 Å². The molecule has 1 fully saturated rings. The Bertz CT molecular complexity index is 646. The zero-order valence-corrected chi connectivity index (χ0v) is 12.6. The molecule has 0 aliphatic carbocycles. The molecular formula is C15H20N6O. The van der Waals surface area contributed by atoms with Gasteiger partial charge in [-0.15, -0.1) is 10.2 Å². The maximum atomic E-state index is 11.8. The third-order valence-electron chi connectivity index (χ3n) is 3.97. The highest BCUT2D eigenvalue weighted by Crippen LogP contribution is 2.27. The minimum absolute atomic E-state index is 0.219. The number of benzene rings is 1. The van der Waals surface area contributed by atoms with E-state index in [1.54, 1.807) is 12.7 Å². The topological polar surface area (TPSA) is 80.3 Å². The Kier molecular flexibility index (Phi) is 3.95. The first-order valence-electron chi connectivity index (χ1n) is 7.46. The molecule has 1 aromatic carbocycles. The molecule has 2 aromatic rings. The van der Waals surface area contributed by atoms with Crippen LogP contribution in [0.3, 0.4) is 0 Å². The van der Waals surface area contributed by atoms with Gasteiger partial charge in [0.2, 0.25) is 5.91 Å². The van der Waals surface area contributed by atoms with Gasteiger partial charge >= 0.3 is 0 Å². The van der Waals surface area contributed by atoms with E-state index >= 15 is 0 Å². The minimum atomic E-state index is 0.219. The van der Waals surface area contributed by atoms with E-state index in [0.29, 0.717) is 12.1 Å². The molecule has 0 radical (unpaired) electrons. The third kappa shape index (κ3) is 2.74. The number of carbonyl (C=O) groups excluding carboxylic acids is 1. The van der Waals surface area contributed by atoms with Gasteiger partial charge in [0, 0.05) is 38.3 Å². The van der Waals surface area contributed by atoms with E-state index in [-0.39, 0.29) is 5.91 Å². The van der Waals surface area contributed by atoms with Gasteiger partial charge in [-0.25, -0.2) is 0 Å². The Balaban J connectivity index is 1.83. The summed E-state index contributed by atoms with van der Waals surface area (Å²) in [4.78, 5) is 16.0. The number of hydrogen-bond acceptors (Lipinski definition) is 5. The van der Waals surface area contributed by atoms with Crippen LogP contribution in [0.25, 0.3) is 5.69 Å². The third-order valence-corrected chi connectivity index (χ3v) is 3.97. The van der Waals surface area contributed by atoms with Crippen LogP contribution in [0.5, 0.6) is 0 Å². The average molecular weight is 300 g/mol. The lowest BCUT2D eigenvalue weighted by Gasteiger charge is -2.37. The fraction of sp³-hybridized carbons (Fsp3) is 0.400. The van der Waals surface area contributed by atoms with Gasteiger partial charge in [-0.3, -0.25) is 9.36 Å². The van der Waals surface area contributed by atoms with Gasteiger partial charge in [0.1, 0.15) is 12.7 Å². The van der Waals surface area contributed by atoms with Gasteiger partial charge < -0.3 is 15.5 Å². The summed E-state index contributed by atoms with van der Waals surface area (Å²) in [6.45, 7) is 5.02. The lowest BCUT2D eigenvalue weighted by molar-refractivity contribution is -0.131. The number of piperazine rings is 1. The van der Waals surface area contributed by atoms with Gasteiger partial charge in [0.25, 0.3) is 0 Å². The molecule has 1 aliphatic rings. The molecule has 0 saturated carbocycles. The Morgan fingerprint density at radius 3 is 2.45 bits per heavy atom. The first-order valence-corrected chi connectivity index (χ1v) is 7.46. The number of rotatable bonds is 3. The SMILES string of the molecule is CCC(=O)N1CCN(c2ccc(N)cc2-n2cnnc2)CC1. The van der Waals surface area contributed by atoms with Crippen molar-refractivity contribution in [3.63, 3.8) is 0 Å². The van der Waals surface area contributed by atoms with Crippen molar-refractivity contribution in [3.05, 3.63) is 30.9 Å². The first-order chi connectivity index (χ1) is 10.7. The summed E-state index contributed by atoms with van der Waals surface area (Å²) in [6.07, 6.45) is 3.89. The van der Waals surface area contributed by atoms with E-state index in [2.05, 4.69) is 15.1 Å². The first kappa shape index (κ1) is 14.4. The summed E-state index contributed by atoms with van der Waals surface area (Å²) >= 11 is 0. The number of nitrogens with zero attached hydrogens (tertiary/aromatic N) is 5. The molecule has 1 aromatic heterocycles. The summed E-state index contributed by atoms with van der Waals surface area (Å²) in [7, 11) is 0. The number of amides is 1. The highest BCUT2D eigenvalue weighted by atomic mass is 16.2. The second-order valence-electron chi connectivity index (χ2n) is 5.34. The van der Waals surface area contributed by atoms with Crippen LogP contribution in [0.4, 0.5) is 11.4 Å². The predicted octanol–water partition coefficient (Wildman–Crippen LogP) is 0.908. The molecule has 0 unspecified atom stereocenters. The number of nitrogens with two attached hydrogens (primary N) is 1.